The van der Waals surface area contributed by atoms with Crippen LogP contribution < -0.4 is 0 Å². The molecule has 0 aromatic rings. The second kappa shape index (κ2) is 36.4. The number of ether oxygens (including phenoxy) is 4. The Balaban J connectivity index is 2.49. The Morgan fingerprint density at radius 1 is 0.526 bits per heavy atom. The molecule has 4 N–H and O–H groups in total. The normalized spacial score (nSPS) is 21.5. The third kappa shape index (κ3) is 28.2. The highest BCUT2D eigenvalue weighted by atomic mass is 16.7. The van der Waals surface area contributed by atoms with Gasteiger partial charge in [-0.2, -0.15) is 0 Å². The van der Waals surface area contributed by atoms with E-state index in [0.717, 1.165) is 64.2 Å². The number of hydrogen-bond donors (Lipinski definition) is 4. The Morgan fingerprint density at radius 2 is 0.912 bits per heavy atom. The number of hydrogen-bond acceptors (Lipinski definition) is 10. The van der Waals surface area contributed by atoms with Gasteiger partial charge in [-0.1, -0.05) is 135 Å². The zero-order valence-corrected chi connectivity index (χ0v) is 34.3. The molecule has 1 aliphatic heterocycles. The molecule has 1 heterocycles. The van der Waals surface area contributed by atoms with Crippen molar-refractivity contribution in [3.8, 4) is 0 Å². The molecule has 57 heavy (non-hydrogen) atoms. The lowest BCUT2D eigenvalue weighted by molar-refractivity contribution is -0.305. The zero-order valence-electron chi connectivity index (χ0n) is 34.3. The first-order valence-corrected chi connectivity index (χ1v) is 20.6. The van der Waals surface area contributed by atoms with Crippen LogP contribution in [-0.4, -0.2) is 89.0 Å². The molecule has 0 radical (unpaired) electrons. The molecule has 6 unspecified atom stereocenters. The van der Waals surface area contributed by atoms with E-state index in [0.29, 0.717) is 12.8 Å². The average Bonchev–Trinajstić information content (AvgIpc) is 3.21. The van der Waals surface area contributed by atoms with Crippen molar-refractivity contribution in [3.05, 3.63) is 122 Å². The van der Waals surface area contributed by atoms with Crippen LogP contribution in [0.4, 0.5) is 0 Å². The fourth-order valence-electron chi connectivity index (χ4n) is 5.17. The molecule has 0 aromatic heterocycles. The van der Waals surface area contributed by atoms with Crippen LogP contribution in [0.15, 0.2) is 122 Å². The molecule has 0 aromatic carbocycles. The van der Waals surface area contributed by atoms with E-state index in [-0.39, 0.29) is 26.1 Å². The maximum atomic E-state index is 12.7. The van der Waals surface area contributed by atoms with Crippen molar-refractivity contribution in [2.24, 2.45) is 0 Å². The van der Waals surface area contributed by atoms with E-state index in [9.17, 15) is 30.0 Å². The number of esters is 2. The zero-order chi connectivity index (χ0) is 41.6. The molecule has 0 bridgehead atoms. The molecule has 1 aliphatic rings. The summed E-state index contributed by atoms with van der Waals surface area (Å²) in [6.45, 7) is 3.00. The van der Waals surface area contributed by atoms with Gasteiger partial charge in [0, 0.05) is 12.8 Å². The molecule has 1 saturated heterocycles. The predicted molar refractivity (Wildman–Crippen MR) is 228 cm³/mol. The molecule has 318 valence electrons. The van der Waals surface area contributed by atoms with Crippen LogP contribution in [0.2, 0.25) is 0 Å². The fraction of sp³-hybridized carbons (Fsp3) is 0.532. The average molecular weight is 795 g/mol. The molecule has 10 nitrogen and oxygen atoms in total. The number of allylic oxidation sites excluding steroid dienone is 20. The molecule has 10 heteroatoms. The summed E-state index contributed by atoms with van der Waals surface area (Å²) in [5.74, 6) is -1.02. The van der Waals surface area contributed by atoms with Gasteiger partial charge in [-0.3, -0.25) is 9.59 Å². The smallest absolute Gasteiger partial charge is 0.306 e. The van der Waals surface area contributed by atoms with Crippen LogP contribution in [0.1, 0.15) is 104 Å². The Bertz CT molecular complexity index is 1330. The summed E-state index contributed by atoms with van der Waals surface area (Å²) >= 11 is 0. The van der Waals surface area contributed by atoms with Gasteiger partial charge in [0.2, 0.25) is 0 Å². The number of aliphatic hydroxyl groups is 4. The van der Waals surface area contributed by atoms with E-state index >= 15 is 0 Å². The highest BCUT2D eigenvalue weighted by molar-refractivity contribution is 5.70. The second-order valence-electron chi connectivity index (χ2n) is 13.3. The molecular weight excluding hydrogens is 725 g/mol. The summed E-state index contributed by atoms with van der Waals surface area (Å²) in [6.07, 6.45) is 43.8. The molecule has 0 amide bonds. The van der Waals surface area contributed by atoms with Gasteiger partial charge in [0.05, 0.1) is 13.2 Å². The van der Waals surface area contributed by atoms with Crippen molar-refractivity contribution in [2.75, 3.05) is 19.8 Å². The number of aliphatic hydroxyl groups excluding tert-OH is 4. The Hall–Kier alpha value is -3.90. The topological polar surface area (TPSA) is 152 Å². The van der Waals surface area contributed by atoms with E-state index in [4.69, 9.17) is 18.9 Å². The van der Waals surface area contributed by atoms with E-state index < -0.39 is 55.4 Å². The Morgan fingerprint density at radius 3 is 1.32 bits per heavy atom. The molecular formula is C47H70O10. The van der Waals surface area contributed by atoms with Crippen molar-refractivity contribution in [3.63, 3.8) is 0 Å². The Labute approximate surface area is 342 Å². The summed E-state index contributed by atoms with van der Waals surface area (Å²) in [4.78, 5) is 25.2. The van der Waals surface area contributed by atoms with Crippen LogP contribution in [0, 0.1) is 0 Å². The third-order valence-corrected chi connectivity index (χ3v) is 8.37. The lowest BCUT2D eigenvalue weighted by Gasteiger charge is -2.39. The molecule has 0 spiro atoms. The van der Waals surface area contributed by atoms with E-state index in [1.807, 2.05) is 24.3 Å². The monoisotopic (exact) mass is 794 g/mol. The summed E-state index contributed by atoms with van der Waals surface area (Å²) in [5.41, 5.74) is 0. The molecule has 1 rings (SSSR count). The first-order valence-electron chi connectivity index (χ1n) is 20.6. The summed E-state index contributed by atoms with van der Waals surface area (Å²) in [6, 6.07) is 0. The maximum absolute atomic E-state index is 12.7. The maximum Gasteiger partial charge on any atom is 0.306 e. The van der Waals surface area contributed by atoms with Crippen molar-refractivity contribution < 1.29 is 49.0 Å². The summed E-state index contributed by atoms with van der Waals surface area (Å²) in [5, 5.41) is 40.0. The van der Waals surface area contributed by atoms with Gasteiger partial charge in [0.1, 0.15) is 31.0 Å². The number of carbonyl (C=O) groups excluding carboxylic acids is 2. The molecule has 1 fully saturated rings. The van der Waals surface area contributed by atoms with Crippen LogP contribution in [0.5, 0.6) is 0 Å². The summed E-state index contributed by atoms with van der Waals surface area (Å²) < 4.78 is 21.9. The minimum absolute atomic E-state index is 0.0818. The minimum Gasteiger partial charge on any atom is -0.462 e. The van der Waals surface area contributed by atoms with E-state index in [1.165, 1.54) is 0 Å². The van der Waals surface area contributed by atoms with Crippen LogP contribution in [-0.2, 0) is 28.5 Å². The highest BCUT2D eigenvalue weighted by Crippen LogP contribution is 2.22. The standard InChI is InChI=1S/C47H70O10/c1-3-5-7-9-11-13-15-17-18-19-20-21-22-24-26-28-30-32-34-36-43(50)56-40(39-55-47-46(53)45(52)44(51)41(37-48)57-47)38-54-42(49)35-33-31-29-27-25-23-16-14-12-10-8-6-4-2/h5-8,11-14,17-18,20-21,23-26,29-32,40-41,44-48,51-53H,3-4,9-10,15-16,19,22,27-28,33-39H2,1-2H3/b7-5-,8-6-,13-11-,14-12-,18-17-,21-20-,25-23-,26-24-,31-29-,32-30-. The minimum atomic E-state index is -1.63. The fourth-order valence-corrected chi connectivity index (χ4v) is 5.17. The van der Waals surface area contributed by atoms with Gasteiger partial charge in [-0.15, -0.1) is 0 Å². The lowest BCUT2D eigenvalue weighted by Crippen LogP contribution is -2.59. The van der Waals surface area contributed by atoms with Crippen molar-refractivity contribution in [2.45, 2.75) is 141 Å². The van der Waals surface area contributed by atoms with Gasteiger partial charge in [-0.05, 0) is 77.0 Å². The van der Waals surface area contributed by atoms with Gasteiger partial charge < -0.3 is 39.4 Å². The third-order valence-electron chi connectivity index (χ3n) is 8.37. The molecule has 0 saturated carbocycles. The first-order chi connectivity index (χ1) is 27.8. The SMILES string of the molecule is CC/C=C\C/C=C\C/C=C\C/C=C\C/C=C\C/C=C\CCC(=O)OC(COC(=O)CC/C=C\C/C=C\C/C=C\C/C=C\CC)COC1OC(CO)C(O)C(O)C1O. The van der Waals surface area contributed by atoms with Crippen molar-refractivity contribution in [1.82, 2.24) is 0 Å². The van der Waals surface area contributed by atoms with Gasteiger partial charge in [-0.25, -0.2) is 0 Å². The quantitative estimate of drug-likeness (QED) is 0.0398. The van der Waals surface area contributed by atoms with E-state index in [1.54, 1.807) is 0 Å². The largest absolute Gasteiger partial charge is 0.462 e. The first kappa shape index (κ1) is 51.1. The van der Waals surface area contributed by atoms with Crippen LogP contribution in [0.3, 0.4) is 0 Å². The van der Waals surface area contributed by atoms with Crippen molar-refractivity contribution >= 4 is 11.9 Å². The lowest BCUT2D eigenvalue weighted by atomic mass is 9.99. The van der Waals surface area contributed by atoms with Gasteiger partial charge >= 0.3 is 11.9 Å². The van der Waals surface area contributed by atoms with E-state index in [2.05, 4.69) is 111 Å². The summed E-state index contributed by atoms with van der Waals surface area (Å²) in [7, 11) is 0. The Kier molecular flexibility index (Phi) is 32.7. The number of rotatable bonds is 31. The number of carbonyl (C=O) groups is 2. The van der Waals surface area contributed by atoms with Gasteiger partial charge in [0.15, 0.2) is 12.4 Å². The van der Waals surface area contributed by atoms with Gasteiger partial charge in [0.25, 0.3) is 0 Å². The second-order valence-corrected chi connectivity index (χ2v) is 13.3. The highest BCUT2D eigenvalue weighted by Gasteiger charge is 2.44. The van der Waals surface area contributed by atoms with Crippen LogP contribution in [0.25, 0.3) is 0 Å². The predicted octanol–water partition coefficient (Wildman–Crippen LogP) is 8.32. The van der Waals surface area contributed by atoms with Crippen molar-refractivity contribution in [1.29, 1.82) is 0 Å². The van der Waals surface area contributed by atoms with Crippen LogP contribution >= 0.6 is 0 Å². The molecule has 6 atom stereocenters. The molecule has 0 aliphatic carbocycles.